The maximum Gasteiger partial charge on any atom is 0.0698 e. The van der Waals surface area contributed by atoms with Crippen LogP contribution in [0.3, 0.4) is 0 Å². The number of aromatic nitrogens is 1. The molecular weight excluding hydrogens is 129 g/mol. The van der Waals surface area contributed by atoms with Crippen LogP contribution in [0.15, 0.2) is 18.3 Å². The van der Waals surface area contributed by atoms with Gasteiger partial charge in [-0.2, -0.15) is 0 Å². The molecule has 46 valence electrons. The molecule has 0 aromatic carbocycles. The van der Waals surface area contributed by atoms with E-state index in [0.717, 1.165) is 5.69 Å². The molecule has 1 aromatic heterocycles. The van der Waals surface area contributed by atoms with E-state index in [1.54, 1.807) is 6.20 Å². The van der Waals surface area contributed by atoms with Gasteiger partial charge in [0.15, 0.2) is 0 Å². The third-order valence-electron chi connectivity index (χ3n) is 1.19. The van der Waals surface area contributed by atoms with Gasteiger partial charge in [0, 0.05) is 6.20 Å². The highest BCUT2D eigenvalue weighted by atomic mass is 31.0. The van der Waals surface area contributed by atoms with Gasteiger partial charge in [-0.3, -0.25) is 4.98 Å². The van der Waals surface area contributed by atoms with Gasteiger partial charge < -0.3 is 0 Å². The van der Waals surface area contributed by atoms with Gasteiger partial charge in [0.05, 0.1) is 5.69 Å². The largest absolute Gasteiger partial charge is 0.256 e. The Morgan fingerprint density at radius 3 is 2.89 bits per heavy atom. The third-order valence-corrected chi connectivity index (χ3v) is 1.46. The molecule has 1 rings (SSSR count). The van der Waals surface area contributed by atoms with Crippen molar-refractivity contribution < 1.29 is 0 Å². The average Bonchev–Trinajstić information content (AvgIpc) is 1.89. The molecule has 0 atom stereocenters. The van der Waals surface area contributed by atoms with Crippen molar-refractivity contribution in [2.24, 2.45) is 0 Å². The quantitative estimate of drug-likeness (QED) is 0.536. The maximum absolute atomic E-state index is 4.09. The zero-order chi connectivity index (χ0) is 6.69. The molecule has 0 aliphatic heterocycles. The summed E-state index contributed by atoms with van der Waals surface area (Å²) in [5.41, 5.74) is 2.18. The van der Waals surface area contributed by atoms with Crippen LogP contribution in [-0.4, -0.2) is 10.8 Å². The normalized spacial score (nSPS) is 9.00. The lowest BCUT2D eigenvalue weighted by molar-refractivity contribution is 1.25. The molecule has 0 amide bonds. The summed E-state index contributed by atoms with van der Waals surface area (Å²) in [6.07, 6.45) is 1.78. The van der Waals surface area contributed by atoms with Crippen LogP contribution in [0.25, 0.3) is 0 Å². The molecule has 0 spiro atoms. The van der Waals surface area contributed by atoms with Gasteiger partial charge in [0.1, 0.15) is 0 Å². The zero-order valence-corrected chi connectivity index (χ0v) is 6.26. The Bertz CT molecular complexity index is 220. The molecule has 0 radical (unpaired) electrons. The number of nitrogens with zero attached hydrogens (tertiary/aromatic N) is 1. The standard InChI is InChI=1S/C7H8NP/c1-6-3-2-4-8-7(6)5-9/h2-5,9H,1H3. The lowest BCUT2D eigenvalue weighted by Crippen LogP contribution is -1.87. The van der Waals surface area contributed by atoms with Crippen molar-refractivity contribution in [1.82, 2.24) is 4.98 Å². The van der Waals surface area contributed by atoms with Crippen molar-refractivity contribution in [2.75, 3.05) is 0 Å². The van der Waals surface area contributed by atoms with Crippen molar-refractivity contribution in [2.45, 2.75) is 6.92 Å². The van der Waals surface area contributed by atoms with E-state index in [9.17, 15) is 0 Å². The predicted molar refractivity (Wildman–Crippen MR) is 42.5 cm³/mol. The molecule has 2 heteroatoms. The molecule has 1 nitrogen and oxygen atoms in total. The van der Waals surface area contributed by atoms with Crippen molar-refractivity contribution in [3.05, 3.63) is 29.6 Å². The highest BCUT2D eigenvalue weighted by molar-refractivity contribution is 7.19. The molecule has 0 aliphatic carbocycles. The van der Waals surface area contributed by atoms with Gasteiger partial charge in [-0.15, -0.1) is 8.86 Å². The number of hydrogen-bond acceptors (Lipinski definition) is 1. The minimum atomic E-state index is 0.995. The van der Waals surface area contributed by atoms with Crippen LogP contribution in [-0.2, 0) is 0 Å². The minimum Gasteiger partial charge on any atom is -0.256 e. The Hall–Kier alpha value is -0.680. The topological polar surface area (TPSA) is 12.9 Å². The Morgan fingerprint density at radius 2 is 2.44 bits per heavy atom. The second-order valence-electron chi connectivity index (χ2n) is 1.85. The fourth-order valence-corrected chi connectivity index (χ4v) is 0.951. The maximum atomic E-state index is 4.09. The van der Waals surface area contributed by atoms with Gasteiger partial charge in [0.2, 0.25) is 0 Å². The van der Waals surface area contributed by atoms with E-state index in [0.29, 0.717) is 0 Å². The van der Waals surface area contributed by atoms with Crippen LogP contribution in [0.2, 0.25) is 0 Å². The highest BCUT2D eigenvalue weighted by Crippen LogP contribution is 1.99. The zero-order valence-electron chi connectivity index (χ0n) is 5.26. The summed E-state index contributed by atoms with van der Waals surface area (Å²) in [6, 6.07) is 3.95. The Labute approximate surface area is 57.0 Å². The van der Waals surface area contributed by atoms with Crippen LogP contribution in [0, 0.1) is 6.92 Å². The first-order chi connectivity index (χ1) is 4.34. The Balaban J connectivity index is 3.15. The molecule has 0 saturated heterocycles. The van der Waals surface area contributed by atoms with Crippen LogP contribution < -0.4 is 0 Å². The van der Waals surface area contributed by atoms with Crippen molar-refractivity contribution in [3.63, 3.8) is 0 Å². The number of hydrogen-bond donors (Lipinski definition) is 0. The smallest absolute Gasteiger partial charge is 0.0698 e. The van der Waals surface area contributed by atoms with E-state index in [1.807, 2.05) is 24.9 Å². The fraction of sp³-hybridized carbons (Fsp3) is 0.143. The van der Waals surface area contributed by atoms with Gasteiger partial charge in [0.25, 0.3) is 0 Å². The van der Waals surface area contributed by atoms with Gasteiger partial charge in [-0.1, -0.05) is 6.07 Å². The summed E-state index contributed by atoms with van der Waals surface area (Å²) in [6.45, 7) is 2.03. The van der Waals surface area contributed by atoms with Crippen LogP contribution in [0.4, 0.5) is 0 Å². The van der Waals surface area contributed by atoms with Crippen LogP contribution in [0.1, 0.15) is 11.3 Å². The molecule has 0 N–H and O–H groups in total. The molecule has 0 unspecified atom stereocenters. The molecule has 1 aromatic rings. The van der Waals surface area contributed by atoms with E-state index in [4.69, 9.17) is 0 Å². The van der Waals surface area contributed by atoms with E-state index in [-0.39, 0.29) is 0 Å². The highest BCUT2D eigenvalue weighted by Gasteiger charge is 1.88. The number of rotatable bonds is 1. The van der Waals surface area contributed by atoms with Crippen molar-refractivity contribution >= 4 is 14.7 Å². The van der Waals surface area contributed by atoms with Crippen LogP contribution in [0.5, 0.6) is 0 Å². The molecule has 0 bridgehead atoms. The van der Waals surface area contributed by atoms with E-state index in [1.165, 1.54) is 5.56 Å². The third kappa shape index (κ3) is 1.36. The lowest BCUT2D eigenvalue weighted by Gasteiger charge is -1.93. The molecule has 0 aliphatic rings. The first-order valence-electron chi connectivity index (χ1n) is 2.76. The molecule has 9 heavy (non-hydrogen) atoms. The molecule has 0 fully saturated rings. The summed E-state index contributed by atoms with van der Waals surface area (Å²) in [5.74, 6) is 1.81. The van der Waals surface area contributed by atoms with Gasteiger partial charge in [-0.05, 0) is 24.4 Å². The van der Waals surface area contributed by atoms with Gasteiger partial charge in [-0.25, -0.2) is 0 Å². The summed E-state index contributed by atoms with van der Waals surface area (Å²) in [4.78, 5) is 4.09. The first-order valence-corrected chi connectivity index (χ1v) is 3.34. The monoisotopic (exact) mass is 137 g/mol. The Kier molecular flexibility index (Phi) is 1.96. The predicted octanol–water partition coefficient (Wildman–Crippen LogP) is 1.68. The van der Waals surface area contributed by atoms with E-state index in [2.05, 4.69) is 13.8 Å². The second-order valence-corrected chi connectivity index (χ2v) is 2.14. The summed E-state index contributed by atoms with van der Waals surface area (Å²) in [5, 5.41) is 0. The van der Waals surface area contributed by atoms with Crippen molar-refractivity contribution in [1.29, 1.82) is 0 Å². The molecular formula is C7H8NP. The van der Waals surface area contributed by atoms with E-state index >= 15 is 0 Å². The van der Waals surface area contributed by atoms with Crippen molar-refractivity contribution in [3.8, 4) is 0 Å². The molecule has 0 saturated carbocycles. The van der Waals surface area contributed by atoms with Gasteiger partial charge >= 0.3 is 0 Å². The Morgan fingerprint density at radius 1 is 1.67 bits per heavy atom. The number of pyridine rings is 1. The summed E-state index contributed by atoms with van der Waals surface area (Å²) < 4.78 is 0. The molecule has 1 heterocycles. The SMILES string of the molecule is Cc1cccnc1C=P. The van der Waals surface area contributed by atoms with E-state index < -0.39 is 0 Å². The number of aryl methyl sites for hydroxylation is 1. The van der Waals surface area contributed by atoms with Crippen LogP contribution >= 0.6 is 8.86 Å². The summed E-state index contributed by atoms with van der Waals surface area (Å²) in [7, 11) is 3.27. The fourth-order valence-electron chi connectivity index (χ4n) is 0.649. The first kappa shape index (κ1) is 6.44. The minimum absolute atomic E-state index is 0.995. The average molecular weight is 137 g/mol. The lowest BCUT2D eigenvalue weighted by atomic mass is 10.2. The second kappa shape index (κ2) is 2.75. The summed E-state index contributed by atoms with van der Waals surface area (Å²) >= 11 is 0.